The number of hydrogen-bond donors (Lipinski definition) is 1. The van der Waals surface area contributed by atoms with Gasteiger partial charge in [-0.15, -0.1) is 0 Å². The normalized spacial score (nSPS) is 20.6. The molecule has 152 valence electrons. The van der Waals surface area contributed by atoms with E-state index in [2.05, 4.69) is 10.2 Å². The highest BCUT2D eigenvalue weighted by molar-refractivity contribution is 6.32. The maximum absolute atomic E-state index is 12.4. The van der Waals surface area contributed by atoms with Gasteiger partial charge in [-0.25, -0.2) is 0 Å². The molecule has 0 bridgehead atoms. The summed E-state index contributed by atoms with van der Waals surface area (Å²) in [5, 5.41) is 3.05. The second kappa shape index (κ2) is 8.03. The third kappa shape index (κ3) is 3.81. The van der Waals surface area contributed by atoms with E-state index in [4.69, 9.17) is 11.6 Å². The van der Waals surface area contributed by atoms with Crippen molar-refractivity contribution in [2.24, 2.45) is 7.05 Å². The summed E-state index contributed by atoms with van der Waals surface area (Å²) in [5.41, 5.74) is 2.60. The Hall–Kier alpha value is -2.60. The van der Waals surface area contributed by atoms with Gasteiger partial charge in [0.25, 0.3) is 5.56 Å². The van der Waals surface area contributed by atoms with Crippen LogP contribution in [0.5, 0.6) is 0 Å². The number of aryl methyl sites for hydroxylation is 1. The van der Waals surface area contributed by atoms with Crippen molar-refractivity contribution in [3.8, 4) is 0 Å². The van der Waals surface area contributed by atoms with Gasteiger partial charge in [-0.1, -0.05) is 29.8 Å². The third-order valence-corrected chi connectivity index (χ3v) is 6.49. The fourth-order valence-corrected chi connectivity index (χ4v) is 4.81. The highest BCUT2D eigenvalue weighted by atomic mass is 35.5. The number of nitrogens with zero attached hydrogens (tertiary/aromatic N) is 2. The van der Waals surface area contributed by atoms with Gasteiger partial charge in [0, 0.05) is 37.8 Å². The molecule has 6 nitrogen and oxygen atoms in total. The molecule has 2 aliphatic rings. The van der Waals surface area contributed by atoms with E-state index in [1.165, 1.54) is 0 Å². The van der Waals surface area contributed by atoms with Crippen LogP contribution in [0.25, 0.3) is 0 Å². The minimum Gasteiger partial charge on any atom is -0.367 e. The Kier molecular flexibility index (Phi) is 5.46. The molecule has 4 rings (SSSR count). The van der Waals surface area contributed by atoms with Gasteiger partial charge < -0.3 is 9.47 Å². The average molecular weight is 414 g/mol. The SMILES string of the molecule is Cn1cccc(N2CCC(c3cccc(C4CCC(=O)NC4=O)c3Cl)CC2)c1=O. The van der Waals surface area contributed by atoms with E-state index in [9.17, 15) is 14.4 Å². The summed E-state index contributed by atoms with van der Waals surface area (Å²) in [6.07, 6.45) is 4.36. The highest BCUT2D eigenvalue weighted by Crippen LogP contribution is 2.39. The first kappa shape index (κ1) is 19.7. The largest absolute Gasteiger partial charge is 0.367 e. The molecule has 0 spiro atoms. The molecule has 0 saturated carbocycles. The molecule has 2 aromatic rings. The lowest BCUT2D eigenvalue weighted by Gasteiger charge is -2.34. The first-order valence-corrected chi connectivity index (χ1v) is 10.4. The lowest BCUT2D eigenvalue weighted by atomic mass is 9.84. The van der Waals surface area contributed by atoms with Crippen LogP contribution in [-0.2, 0) is 16.6 Å². The monoisotopic (exact) mass is 413 g/mol. The van der Waals surface area contributed by atoms with Gasteiger partial charge in [0.15, 0.2) is 0 Å². The fraction of sp³-hybridized carbons (Fsp3) is 0.409. The Bertz CT molecular complexity index is 1010. The smallest absolute Gasteiger partial charge is 0.273 e. The number of nitrogens with one attached hydrogen (secondary N) is 1. The summed E-state index contributed by atoms with van der Waals surface area (Å²) in [5.74, 6) is -0.597. The number of aromatic nitrogens is 1. The van der Waals surface area contributed by atoms with Crippen molar-refractivity contribution in [1.29, 1.82) is 0 Å². The third-order valence-electron chi connectivity index (χ3n) is 6.05. The topological polar surface area (TPSA) is 71.4 Å². The van der Waals surface area contributed by atoms with Gasteiger partial charge in [0.2, 0.25) is 11.8 Å². The molecule has 1 unspecified atom stereocenters. The van der Waals surface area contributed by atoms with Crippen LogP contribution in [0.4, 0.5) is 5.69 Å². The minimum atomic E-state index is -0.382. The first-order chi connectivity index (χ1) is 14.0. The molecule has 29 heavy (non-hydrogen) atoms. The maximum atomic E-state index is 12.4. The fourth-order valence-electron chi connectivity index (χ4n) is 4.40. The zero-order valence-electron chi connectivity index (χ0n) is 16.4. The molecular formula is C22H24ClN3O3. The molecule has 1 aromatic carbocycles. The van der Waals surface area contributed by atoms with E-state index in [0.29, 0.717) is 17.9 Å². The van der Waals surface area contributed by atoms with Crippen molar-refractivity contribution in [3.63, 3.8) is 0 Å². The van der Waals surface area contributed by atoms with Crippen LogP contribution in [0.15, 0.2) is 41.3 Å². The van der Waals surface area contributed by atoms with Gasteiger partial charge in [0.05, 0.1) is 5.92 Å². The first-order valence-electron chi connectivity index (χ1n) is 9.98. The van der Waals surface area contributed by atoms with Crippen LogP contribution < -0.4 is 15.8 Å². The standard InChI is InChI=1S/C22H24ClN3O3/c1-25-11-3-6-18(22(25)29)26-12-9-14(10-13-26)15-4-2-5-16(20(15)23)17-7-8-19(27)24-21(17)28/h2-6,11,14,17H,7-10,12-13H2,1H3,(H,24,27,28). The van der Waals surface area contributed by atoms with E-state index in [0.717, 1.165) is 42.7 Å². The zero-order chi connectivity index (χ0) is 20.5. The van der Waals surface area contributed by atoms with Crippen LogP contribution in [-0.4, -0.2) is 29.5 Å². The number of amides is 2. The van der Waals surface area contributed by atoms with Crippen LogP contribution in [0.3, 0.4) is 0 Å². The van der Waals surface area contributed by atoms with E-state index in [-0.39, 0.29) is 29.2 Å². The highest BCUT2D eigenvalue weighted by Gasteiger charge is 2.31. The number of piperidine rings is 2. The van der Waals surface area contributed by atoms with Gasteiger partial charge >= 0.3 is 0 Å². The Morgan fingerprint density at radius 3 is 2.45 bits per heavy atom. The Balaban J connectivity index is 1.52. The molecule has 7 heteroatoms. The molecule has 3 heterocycles. The Labute approximate surface area is 174 Å². The van der Waals surface area contributed by atoms with Crippen LogP contribution in [0.2, 0.25) is 5.02 Å². The van der Waals surface area contributed by atoms with Crippen molar-refractivity contribution < 1.29 is 9.59 Å². The number of carbonyl (C=O) groups excluding carboxylic acids is 2. The van der Waals surface area contributed by atoms with Crippen molar-refractivity contribution in [1.82, 2.24) is 9.88 Å². The number of halogens is 1. The summed E-state index contributed by atoms with van der Waals surface area (Å²) in [6, 6.07) is 9.62. The summed E-state index contributed by atoms with van der Waals surface area (Å²) in [6.45, 7) is 1.56. The van der Waals surface area contributed by atoms with Crippen LogP contribution in [0.1, 0.15) is 48.6 Å². The number of carbonyl (C=O) groups is 2. The Morgan fingerprint density at radius 2 is 1.72 bits per heavy atom. The van der Waals surface area contributed by atoms with E-state index in [1.54, 1.807) is 17.8 Å². The Morgan fingerprint density at radius 1 is 1.00 bits per heavy atom. The van der Waals surface area contributed by atoms with Gasteiger partial charge in [-0.05, 0) is 48.4 Å². The number of pyridine rings is 1. The molecule has 0 aliphatic carbocycles. The molecule has 2 amide bonds. The van der Waals surface area contributed by atoms with Gasteiger partial charge in [-0.2, -0.15) is 0 Å². The van der Waals surface area contributed by atoms with Crippen LogP contribution >= 0.6 is 11.6 Å². The number of imide groups is 1. The molecule has 1 atom stereocenters. The molecule has 2 fully saturated rings. The lowest BCUT2D eigenvalue weighted by Crippen LogP contribution is -2.39. The number of hydrogen-bond acceptors (Lipinski definition) is 4. The molecule has 0 radical (unpaired) electrons. The predicted molar refractivity (Wildman–Crippen MR) is 112 cm³/mol. The predicted octanol–water partition coefficient (Wildman–Crippen LogP) is 2.94. The number of anilines is 1. The maximum Gasteiger partial charge on any atom is 0.273 e. The molecule has 2 aliphatic heterocycles. The molecule has 2 saturated heterocycles. The van der Waals surface area contributed by atoms with E-state index >= 15 is 0 Å². The minimum absolute atomic E-state index is 0.0174. The van der Waals surface area contributed by atoms with Gasteiger partial charge in [0.1, 0.15) is 5.69 Å². The van der Waals surface area contributed by atoms with Crippen molar-refractivity contribution in [3.05, 3.63) is 63.0 Å². The second-order valence-electron chi connectivity index (χ2n) is 7.82. The summed E-state index contributed by atoms with van der Waals surface area (Å²) >= 11 is 6.74. The van der Waals surface area contributed by atoms with Crippen molar-refractivity contribution >= 4 is 29.1 Å². The summed E-state index contributed by atoms with van der Waals surface area (Å²) in [4.78, 5) is 38.2. The average Bonchev–Trinajstić information content (AvgIpc) is 2.71. The molecular weight excluding hydrogens is 390 g/mol. The molecule has 1 aromatic heterocycles. The van der Waals surface area contributed by atoms with Crippen molar-refractivity contribution in [2.75, 3.05) is 18.0 Å². The number of rotatable bonds is 3. The zero-order valence-corrected chi connectivity index (χ0v) is 17.1. The van der Waals surface area contributed by atoms with Crippen molar-refractivity contribution in [2.45, 2.75) is 37.5 Å². The second-order valence-corrected chi connectivity index (χ2v) is 8.20. The van der Waals surface area contributed by atoms with Crippen LogP contribution in [0, 0.1) is 0 Å². The summed E-state index contributed by atoms with van der Waals surface area (Å²) < 4.78 is 1.60. The van der Waals surface area contributed by atoms with Gasteiger partial charge in [-0.3, -0.25) is 19.7 Å². The lowest BCUT2D eigenvalue weighted by molar-refractivity contribution is -0.134. The summed E-state index contributed by atoms with van der Waals surface area (Å²) in [7, 11) is 1.76. The quantitative estimate of drug-likeness (QED) is 0.785. The number of benzene rings is 1. The van der Waals surface area contributed by atoms with E-state index < -0.39 is 0 Å². The van der Waals surface area contributed by atoms with E-state index in [1.807, 2.05) is 30.3 Å². The molecule has 1 N–H and O–H groups in total.